The summed E-state index contributed by atoms with van der Waals surface area (Å²) in [5.41, 5.74) is 7.14. The van der Waals surface area contributed by atoms with Crippen molar-refractivity contribution >= 4 is 28.1 Å². The molecule has 0 unspecified atom stereocenters. The zero-order valence-corrected chi connectivity index (χ0v) is 17.8. The highest BCUT2D eigenvalue weighted by atomic mass is 16.1. The first kappa shape index (κ1) is 19.3. The fourth-order valence-corrected chi connectivity index (χ4v) is 4.71. The molecule has 0 saturated heterocycles. The van der Waals surface area contributed by atoms with Crippen LogP contribution in [0, 0.1) is 6.57 Å². The number of rotatable bonds is 4. The van der Waals surface area contributed by atoms with E-state index in [2.05, 4.69) is 61.5 Å². The summed E-state index contributed by atoms with van der Waals surface area (Å²) in [5, 5.41) is 0.905. The summed E-state index contributed by atoms with van der Waals surface area (Å²) in [4.78, 5) is 23.0. The van der Waals surface area contributed by atoms with Crippen LogP contribution in [0.4, 0.5) is 11.4 Å². The summed E-state index contributed by atoms with van der Waals surface area (Å²) in [7, 11) is 0. The molecule has 0 bridgehead atoms. The van der Waals surface area contributed by atoms with E-state index in [9.17, 15) is 4.79 Å². The molecule has 2 aromatic carbocycles. The van der Waals surface area contributed by atoms with Crippen LogP contribution in [-0.4, -0.2) is 23.9 Å². The second kappa shape index (κ2) is 6.77. The lowest BCUT2D eigenvalue weighted by Gasteiger charge is -2.35. The summed E-state index contributed by atoms with van der Waals surface area (Å²) < 4.78 is 0. The molecule has 4 rings (SSSR count). The highest BCUT2D eigenvalue weighted by molar-refractivity contribution is 6.20. The van der Waals surface area contributed by atoms with Crippen LogP contribution >= 0.6 is 0 Å². The minimum Gasteiger partial charge on any atom is -0.372 e. The Morgan fingerprint density at radius 2 is 1.83 bits per heavy atom. The highest BCUT2D eigenvalue weighted by Gasteiger charge is 2.40. The zero-order valence-electron chi connectivity index (χ0n) is 17.8. The fraction of sp³-hybridized carbons (Fsp3) is 0.360. The van der Waals surface area contributed by atoms with Gasteiger partial charge in [0.2, 0.25) is 0 Å². The Hall–Kier alpha value is -3.06. The number of nitrogens with one attached hydrogen (secondary N) is 1. The van der Waals surface area contributed by atoms with Gasteiger partial charge < -0.3 is 9.88 Å². The molecule has 4 heteroatoms. The van der Waals surface area contributed by atoms with Crippen LogP contribution in [0.3, 0.4) is 0 Å². The molecular formula is C25H27N3O. The summed E-state index contributed by atoms with van der Waals surface area (Å²) >= 11 is 0. The largest absolute Gasteiger partial charge is 0.372 e. The fourth-order valence-electron chi connectivity index (χ4n) is 4.71. The Morgan fingerprint density at radius 3 is 2.45 bits per heavy atom. The van der Waals surface area contributed by atoms with Crippen molar-refractivity contribution in [2.45, 2.75) is 46.5 Å². The molecular weight excluding hydrogens is 358 g/mol. The van der Waals surface area contributed by atoms with E-state index in [-0.39, 0.29) is 11.2 Å². The molecule has 1 N–H and O–H groups in total. The third-order valence-electron chi connectivity index (χ3n) is 6.39. The predicted molar refractivity (Wildman–Crippen MR) is 120 cm³/mol. The van der Waals surface area contributed by atoms with Crippen molar-refractivity contribution in [3.8, 4) is 0 Å². The lowest BCUT2D eigenvalue weighted by atomic mass is 9.70. The number of ketones is 1. The molecule has 29 heavy (non-hydrogen) atoms. The number of hydrogen-bond acceptors (Lipinski definition) is 2. The van der Waals surface area contributed by atoms with Gasteiger partial charge in [-0.25, -0.2) is 4.85 Å². The third-order valence-corrected chi connectivity index (χ3v) is 6.39. The van der Waals surface area contributed by atoms with Crippen molar-refractivity contribution in [1.82, 2.24) is 4.98 Å². The van der Waals surface area contributed by atoms with Gasteiger partial charge in [0.15, 0.2) is 11.5 Å². The molecule has 1 aliphatic rings. The lowest BCUT2D eigenvalue weighted by Crippen LogP contribution is -2.32. The molecule has 148 valence electrons. The average molecular weight is 386 g/mol. The van der Waals surface area contributed by atoms with Crippen molar-refractivity contribution in [3.63, 3.8) is 0 Å². The Morgan fingerprint density at radius 1 is 1.10 bits per heavy atom. The van der Waals surface area contributed by atoms with Gasteiger partial charge in [0, 0.05) is 46.4 Å². The van der Waals surface area contributed by atoms with Crippen LogP contribution in [0.5, 0.6) is 0 Å². The summed E-state index contributed by atoms with van der Waals surface area (Å²) in [6.45, 7) is 20.0. The zero-order chi connectivity index (χ0) is 20.9. The lowest BCUT2D eigenvalue weighted by molar-refractivity contribution is 0.103. The number of hydrogen-bond donors (Lipinski definition) is 1. The van der Waals surface area contributed by atoms with Crippen LogP contribution in [0.2, 0.25) is 0 Å². The number of aromatic nitrogens is 1. The molecule has 1 heterocycles. The van der Waals surface area contributed by atoms with Crippen LogP contribution in [0.25, 0.3) is 15.7 Å². The molecule has 0 saturated carbocycles. The smallest absolute Gasteiger partial charge is 0.195 e. The van der Waals surface area contributed by atoms with E-state index in [0.717, 1.165) is 52.8 Å². The summed E-state index contributed by atoms with van der Waals surface area (Å²) in [5.74, 6) is 0.0805. The number of H-pyrrole nitrogens is 1. The van der Waals surface area contributed by atoms with Crippen LogP contribution in [-0.2, 0) is 11.8 Å². The Labute approximate surface area is 172 Å². The molecule has 1 aliphatic carbocycles. The van der Waals surface area contributed by atoms with E-state index in [1.54, 1.807) is 6.07 Å². The van der Waals surface area contributed by atoms with Crippen LogP contribution < -0.4 is 4.90 Å². The topological polar surface area (TPSA) is 40.5 Å². The van der Waals surface area contributed by atoms with Gasteiger partial charge in [-0.3, -0.25) is 4.79 Å². The SMILES string of the molecule is [C-]#[N+]c1ccc2c3c([nH]c2c1)C(C)(C)c1cc(N(CC)CC)c(CC)cc1C3=O. The van der Waals surface area contributed by atoms with Gasteiger partial charge in [0.1, 0.15) is 0 Å². The van der Waals surface area contributed by atoms with E-state index in [1.165, 1.54) is 11.3 Å². The number of carbonyl (C=O) groups excluding carboxylic acids is 1. The third kappa shape index (κ3) is 2.68. The van der Waals surface area contributed by atoms with Crippen molar-refractivity contribution in [1.29, 1.82) is 0 Å². The molecule has 4 nitrogen and oxygen atoms in total. The molecule has 0 aliphatic heterocycles. The van der Waals surface area contributed by atoms with Gasteiger partial charge >= 0.3 is 0 Å². The Balaban J connectivity index is 2.01. The monoisotopic (exact) mass is 385 g/mol. The van der Waals surface area contributed by atoms with Crippen molar-refractivity contribution in [2.24, 2.45) is 0 Å². The summed E-state index contributed by atoms with van der Waals surface area (Å²) in [6, 6.07) is 9.89. The van der Waals surface area contributed by atoms with Crippen molar-refractivity contribution in [2.75, 3.05) is 18.0 Å². The van der Waals surface area contributed by atoms with Gasteiger partial charge in [-0.05, 0) is 49.6 Å². The first-order valence-electron chi connectivity index (χ1n) is 10.4. The molecule has 0 amide bonds. The maximum atomic E-state index is 13.6. The maximum Gasteiger partial charge on any atom is 0.195 e. The molecule has 1 aromatic heterocycles. The minimum absolute atomic E-state index is 0.0805. The van der Waals surface area contributed by atoms with Gasteiger partial charge in [0.05, 0.1) is 12.1 Å². The standard InChI is InChI=1S/C25H27N3O/c1-7-15-12-18-19(14-21(15)28(8-2)9-3)25(4,5)24-22(23(18)29)17-11-10-16(26-6)13-20(17)27-24/h10-14,27H,7-9H2,1-5H3. The number of fused-ring (bicyclic) bond motifs is 4. The van der Waals surface area contributed by atoms with Crippen LogP contribution in [0.1, 0.15) is 67.4 Å². The Kier molecular flexibility index (Phi) is 4.50. The van der Waals surface area contributed by atoms with Gasteiger partial charge in [0.25, 0.3) is 0 Å². The number of carbonyl (C=O) groups is 1. The molecule has 0 spiro atoms. The molecule has 0 fully saturated rings. The van der Waals surface area contributed by atoms with Gasteiger partial charge in [-0.2, -0.15) is 0 Å². The molecule has 0 radical (unpaired) electrons. The summed E-state index contributed by atoms with van der Waals surface area (Å²) in [6.07, 6.45) is 0.891. The number of benzene rings is 2. The maximum absolute atomic E-state index is 13.6. The van der Waals surface area contributed by atoms with E-state index < -0.39 is 0 Å². The van der Waals surface area contributed by atoms with Crippen LogP contribution in [0.15, 0.2) is 30.3 Å². The van der Waals surface area contributed by atoms with E-state index >= 15 is 0 Å². The second-order valence-electron chi connectivity index (χ2n) is 8.22. The second-order valence-corrected chi connectivity index (χ2v) is 8.22. The highest BCUT2D eigenvalue weighted by Crippen LogP contribution is 2.46. The average Bonchev–Trinajstić information content (AvgIpc) is 3.12. The first-order valence-corrected chi connectivity index (χ1v) is 10.4. The van der Waals surface area contributed by atoms with E-state index in [0.29, 0.717) is 5.69 Å². The normalized spacial score (nSPS) is 14.4. The first-order chi connectivity index (χ1) is 13.9. The van der Waals surface area contributed by atoms with Crippen molar-refractivity contribution < 1.29 is 4.79 Å². The number of anilines is 1. The van der Waals surface area contributed by atoms with Crippen molar-refractivity contribution in [3.05, 3.63) is 69.7 Å². The van der Waals surface area contributed by atoms with Gasteiger partial charge in [-0.15, -0.1) is 0 Å². The molecule has 0 atom stereocenters. The predicted octanol–water partition coefficient (Wildman–Crippen LogP) is 6.00. The van der Waals surface area contributed by atoms with E-state index in [1.807, 2.05) is 12.1 Å². The number of nitrogens with zero attached hydrogens (tertiary/aromatic N) is 2. The van der Waals surface area contributed by atoms with Gasteiger partial charge in [-0.1, -0.05) is 32.9 Å². The minimum atomic E-state index is -0.329. The Bertz CT molecular complexity index is 1170. The number of aryl methyl sites for hydroxylation is 1. The number of aromatic amines is 1. The van der Waals surface area contributed by atoms with E-state index in [4.69, 9.17) is 6.57 Å². The quantitative estimate of drug-likeness (QED) is 0.560. The molecule has 3 aromatic rings.